The van der Waals surface area contributed by atoms with E-state index >= 15 is 0 Å². The molecular weight excluding hydrogens is 312 g/mol. The third kappa shape index (κ3) is 3.61. The van der Waals surface area contributed by atoms with Crippen molar-refractivity contribution in [3.8, 4) is 6.07 Å². The average Bonchev–Trinajstić information content (AvgIpc) is 2.45. The molecule has 0 aliphatic heterocycles. The van der Waals surface area contributed by atoms with Crippen LogP contribution in [0.5, 0.6) is 0 Å². The van der Waals surface area contributed by atoms with Gasteiger partial charge in [0.25, 0.3) is 0 Å². The van der Waals surface area contributed by atoms with Gasteiger partial charge in [0.05, 0.1) is 6.07 Å². The number of nitrogens with zero attached hydrogens (tertiary/aromatic N) is 1. The van der Waals surface area contributed by atoms with Crippen LogP contribution in [0.2, 0.25) is 0 Å². The Labute approximate surface area is 128 Å². The Bertz CT molecular complexity index is 612. The highest BCUT2D eigenvalue weighted by Crippen LogP contribution is 2.23. The molecule has 0 radical (unpaired) electrons. The first-order chi connectivity index (χ1) is 9.60. The van der Waals surface area contributed by atoms with Gasteiger partial charge in [-0.05, 0) is 35.2 Å². The van der Waals surface area contributed by atoms with Crippen molar-refractivity contribution in [3.05, 3.63) is 64.1 Å². The summed E-state index contributed by atoms with van der Waals surface area (Å²) < 4.78 is 0.995. The predicted octanol–water partition coefficient (Wildman–Crippen LogP) is 5.25. The van der Waals surface area contributed by atoms with E-state index in [4.69, 9.17) is 0 Å². The van der Waals surface area contributed by atoms with Crippen LogP contribution in [-0.2, 0) is 0 Å². The second kappa shape index (κ2) is 6.58. The topological polar surface area (TPSA) is 35.8 Å². The Morgan fingerprint density at radius 2 is 1.70 bits per heavy atom. The van der Waals surface area contributed by atoms with E-state index in [1.54, 1.807) is 0 Å². The molecule has 0 amide bonds. The van der Waals surface area contributed by atoms with E-state index in [9.17, 15) is 5.26 Å². The maximum atomic E-state index is 9.36. The van der Waals surface area contributed by atoms with Gasteiger partial charge in [0.2, 0.25) is 0 Å². The summed E-state index contributed by atoms with van der Waals surface area (Å²) >= 11 is 3.43. The fourth-order valence-electron chi connectivity index (χ4n) is 2.01. The van der Waals surface area contributed by atoms with Gasteiger partial charge in [-0.1, -0.05) is 60.1 Å². The molecule has 0 saturated carbocycles. The van der Waals surface area contributed by atoms with Crippen molar-refractivity contribution >= 4 is 21.6 Å². The normalized spacial score (nSPS) is 11.9. The fourth-order valence-corrected chi connectivity index (χ4v) is 2.41. The molecule has 0 aliphatic rings. The Balaban J connectivity index is 2.18. The zero-order chi connectivity index (χ0) is 14.5. The summed E-state index contributed by atoms with van der Waals surface area (Å²) in [6.45, 7) is 4.33. The second-order valence-corrected chi connectivity index (χ2v) is 5.95. The standard InChI is InChI=1S/C17H17BrN2/c1-12(2)13-6-8-14(9-7-13)17(11-19)20-16-5-3-4-15(18)10-16/h3-10,12,17,20H,1-2H3. The minimum Gasteiger partial charge on any atom is -0.366 e. The van der Waals surface area contributed by atoms with Crippen LogP contribution in [0, 0.1) is 11.3 Å². The quantitative estimate of drug-likeness (QED) is 0.831. The van der Waals surface area contributed by atoms with E-state index in [0.717, 1.165) is 15.7 Å². The minimum absolute atomic E-state index is 0.342. The Hall–Kier alpha value is -1.79. The smallest absolute Gasteiger partial charge is 0.140 e. The second-order valence-electron chi connectivity index (χ2n) is 5.04. The summed E-state index contributed by atoms with van der Waals surface area (Å²) in [6.07, 6.45) is 0. The molecule has 0 aromatic heterocycles. The van der Waals surface area contributed by atoms with E-state index in [0.29, 0.717) is 5.92 Å². The number of rotatable bonds is 4. The van der Waals surface area contributed by atoms with Crippen LogP contribution >= 0.6 is 15.9 Å². The van der Waals surface area contributed by atoms with E-state index in [2.05, 4.69) is 53.3 Å². The number of nitriles is 1. The van der Waals surface area contributed by atoms with Crippen LogP contribution in [0.4, 0.5) is 5.69 Å². The molecule has 0 spiro atoms. The molecule has 2 aromatic carbocycles. The van der Waals surface area contributed by atoms with Gasteiger partial charge < -0.3 is 5.32 Å². The molecule has 2 nitrogen and oxygen atoms in total. The predicted molar refractivity (Wildman–Crippen MR) is 86.6 cm³/mol. The summed E-state index contributed by atoms with van der Waals surface area (Å²) in [5, 5.41) is 12.6. The van der Waals surface area contributed by atoms with Crippen LogP contribution < -0.4 is 5.32 Å². The van der Waals surface area contributed by atoms with Crippen LogP contribution in [-0.4, -0.2) is 0 Å². The molecule has 0 saturated heterocycles. The number of hydrogen-bond donors (Lipinski definition) is 1. The summed E-state index contributed by atoms with van der Waals surface area (Å²) in [7, 11) is 0. The van der Waals surface area contributed by atoms with E-state index < -0.39 is 0 Å². The lowest BCUT2D eigenvalue weighted by Crippen LogP contribution is -2.08. The third-order valence-electron chi connectivity index (χ3n) is 3.20. The largest absolute Gasteiger partial charge is 0.366 e. The van der Waals surface area contributed by atoms with Gasteiger partial charge in [-0.25, -0.2) is 0 Å². The molecule has 2 rings (SSSR count). The lowest BCUT2D eigenvalue weighted by atomic mass is 9.99. The highest BCUT2D eigenvalue weighted by Gasteiger charge is 2.10. The molecule has 102 valence electrons. The SMILES string of the molecule is CC(C)c1ccc(C(C#N)Nc2cccc(Br)c2)cc1. The van der Waals surface area contributed by atoms with Crippen molar-refractivity contribution in [1.82, 2.24) is 0 Å². The van der Waals surface area contributed by atoms with Crippen molar-refractivity contribution in [2.75, 3.05) is 5.32 Å². The van der Waals surface area contributed by atoms with Crippen LogP contribution in [0.3, 0.4) is 0 Å². The van der Waals surface area contributed by atoms with E-state index in [1.165, 1.54) is 5.56 Å². The Morgan fingerprint density at radius 3 is 2.25 bits per heavy atom. The number of halogens is 1. The molecule has 1 N–H and O–H groups in total. The monoisotopic (exact) mass is 328 g/mol. The first-order valence-corrected chi connectivity index (χ1v) is 7.41. The van der Waals surface area contributed by atoms with Gasteiger partial charge in [-0.3, -0.25) is 0 Å². The van der Waals surface area contributed by atoms with Gasteiger partial charge in [0.1, 0.15) is 6.04 Å². The van der Waals surface area contributed by atoms with Crippen LogP contribution in [0.25, 0.3) is 0 Å². The number of hydrogen-bond acceptors (Lipinski definition) is 2. The van der Waals surface area contributed by atoms with Crippen molar-refractivity contribution < 1.29 is 0 Å². The van der Waals surface area contributed by atoms with Gasteiger partial charge in [-0.2, -0.15) is 5.26 Å². The molecule has 20 heavy (non-hydrogen) atoms. The molecule has 0 heterocycles. The Morgan fingerprint density at radius 1 is 1.05 bits per heavy atom. The first kappa shape index (κ1) is 14.6. The van der Waals surface area contributed by atoms with Gasteiger partial charge in [0.15, 0.2) is 0 Å². The zero-order valence-corrected chi connectivity index (χ0v) is 13.2. The maximum Gasteiger partial charge on any atom is 0.140 e. The van der Waals surface area contributed by atoms with Gasteiger partial charge in [0, 0.05) is 10.2 Å². The maximum absolute atomic E-state index is 9.36. The molecule has 3 heteroatoms. The molecule has 0 fully saturated rings. The van der Waals surface area contributed by atoms with Crippen molar-refractivity contribution in [2.45, 2.75) is 25.8 Å². The van der Waals surface area contributed by atoms with E-state index in [1.807, 2.05) is 36.4 Å². The van der Waals surface area contributed by atoms with Gasteiger partial charge >= 0.3 is 0 Å². The lowest BCUT2D eigenvalue weighted by Gasteiger charge is -2.14. The highest BCUT2D eigenvalue weighted by molar-refractivity contribution is 9.10. The van der Waals surface area contributed by atoms with Crippen molar-refractivity contribution in [3.63, 3.8) is 0 Å². The number of anilines is 1. The summed E-state index contributed by atoms with van der Waals surface area (Å²) in [4.78, 5) is 0. The minimum atomic E-state index is -0.342. The molecule has 0 aliphatic carbocycles. The molecule has 1 unspecified atom stereocenters. The zero-order valence-electron chi connectivity index (χ0n) is 11.6. The molecular formula is C17H17BrN2. The molecule has 2 aromatic rings. The summed E-state index contributed by atoms with van der Waals surface area (Å²) in [6, 6.07) is 18.0. The lowest BCUT2D eigenvalue weighted by molar-refractivity contribution is 0.863. The Kier molecular flexibility index (Phi) is 4.81. The fraction of sp³-hybridized carbons (Fsp3) is 0.235. The van der Waals surface area contributed by atoms with Crippen LogP contribution in [0.1, 0.15) is 36.9 Å². The molecule has 0 bridgehead atoms. The first-order valence-electron chi connectivity index (χ1n) is 6.61. The van der Waals surface area contributed by atoms with Crippen molar-refractivity contribution in [2.24, 2.45) is 0 Å². The molecule has 1 atom stereocenters. The van der Waals surface area contributed by atoms with Gasteiger partial charge in [-0.15, -0.1) is 0 Å². The van der Waals surface area contributed by atoms with Crippen LogP contribution in [0.15, 0.2) is 53.0 Å². The highest BCUT2D eigenvalue weighted by atomic mass is 79.9. The summed E-state index contributed by atoms with van der Waals surface area (Å²) in [5.74, 6) is 0.502. The number of benzene rings is 2. The third-order valence-corrected chi connectivity index (χ3v) is 3.69. The average molecular weight is 329 g/mol. The number of nitrogens with one attached hydrogen (secondary N) is 1. The van der Waals surface area contributed by atoms with E-state index in [-0.39, 0.29) is 6.04 Å². The summed E-state index contributed by atoms with van der Waals surface area (Å²) in [5.41, 5.74) is 3.20. The van der Waals surface area contributed by atoms with Crippen molar-refractivity contribution in [1.29, 1.82) is 5.26 Å².